The predicted octanol–water partition coefficient (Wildman–Crippen LogP) is 15.8. The van der Waals surface area contributed by atoms with Gasteiger partial charge < -0.3 is 13.9 Å². The number of furan rings is 1. The van der Waals surface area contributed by atoms with Gasteiger partial charge in [0.05, 0.1) is 11.0 Å². The fraction of sp³-hybridized carbons (Fsp3) is 0.0526. The lowest BCUT2D eigenvalue weighted by atomic mass is 9.82. The van der Waals surface area contributed by atoms with Gasteiger partial charge in [-0.15, -0.1) is 0 Å². The van der Waals surface area contributed by atoms with Crippen LogP contribution in [0.5, 0.6) is 0 Å². The fourth-order valence-corrected chi connectivity index (χ4v) is 9.90. The van der Waals surface area contributed by atoms with Gasteiger partial charge in [-0.2, -0.15) is 0 Å². The number of rotatable bonds is 6. The summed E-state index contributed by atoms with van der Waals surface area (Å²) in [5.74, 6) is 0. The summed E-state index contributed by atoms with van der Waals surface area (Å²) in [5, 5.41) is 4.87. The molecular formula is C57H40N2O. The lowest BCUT2D eigenvalue weighted by Gasteiger charge is -2.26. The van der Waals surface area contributed by atoms with Gasteiger partial charge in [0.15, 0.2) is 0 Å². The highest BCUT2D eigenvalue weighted by atomic mass is 16.3. The van der Waals surface area contributed by atoms with E-state index >= 15 is 0 Å². The molecule has 0 unspecified atom stereocenters. The third-order valence-corrected chi connectivity index (χ3v) is 12.8. The monoisotopic (exact) mass is 768 g/mol. The molecule has 0 spiro atoms. The second kappa shape index (κ2) is 13.2. The van der Waals surface area contributed by atoms with Crippen LogP contribution in [0.3, 0.4) is 0 Å². The number of nitrogens with zero attached hydrogens (tertiary/aromatic N) is 2. The Bertz CT molecular complexity index is 3390. The van der Waals surface area contributed by atoms with Gasteiger partial charge >= 0.3 is 0 Å². The Labute approximate surface area is 349 Å². The van der Waals surface area contributed by atoms with Gasteiger partial charge in [-0.25, -0.2) is 0 Å². The molecule has 0 saturated heterocycles. The van der Waals surface area contributed by atoms with E-state index in [4.69, 9.17) is 4.42 Å². The molecular weight excluding hydrogens is 729 g/mol. The predicted molar refractivity (Wildman–Crippen MR) is 251 cm³/mol. The van der Waals surface area contributed by atoms with Gasteiger partial charge in [-0.3, -0.25) is 0 Å². The van der Waals surface area contributed by atoms with Gasteiger partial charge in [-0.05, 0) is 123 Å². The Kier molecular flexibility index (Phi) is 7.58. The molecule has 0 amide bonds. The summed E-state index contributed by atoms with van der Waals surface area (Å²) < 4.78 is 9.04. The summed E-state index contributed by atoms with van der Waals surface area (Å²) in [7, 11) is 0. The number of para-hydroxylation sites is 2. The normalized spacial score (nSPS) is 13.0. The quantitative estimate of drug-likeness (QED) is 0.168. The van der Waals surface area contributed by atoms with E-state index in [1.54, 1.807) is 0 Å². The van der Waals surface area contributed by atoms with Crippen molar-refractivity contribution in [2.45, 2.75) is 19.3 Å². The van der Waals surface area contributed by atoms with E-state index in [0.29, 0.717) is 0 Å². The maximum Gasteiger partial charge on any atom is 0.136 e. The SMILES string of the molecule is CC1(C)c2ccccc2-c2c1ccc1oc3cc(-c4cccc(N(c5ccc(-c6ccccc6)cc5)c5ccc(-n6c7ccccc7c7ccccc76)cc5)c4)ccc3c21. The van der Waals surface area contributed by atoms with E-state index in [0.717, 1.165) is 50.4 Å². The van der Waals surface area contributed by atoms with E-state index < -0.39 is 0 Å². The van der Waals surface area contributed by atoms with E-state index in [9.17, 15) is 0 Å². The molecule has 0 bridgehead atoms. The zero-order valence-electron chi connectivity index (χ0n) is 33.4. The van der Waals surface area contributed by atoms with Crippen molar-refractivity contribution >= 4 is 60.8 Å². The first-order valence-electron chi connectivity index (χ1n) is 20.8. The highest BCUT2D eigenvalue weighted by Crippen LogP contribution is 2.53. The summed E-state index contributed by atoms with van der Waals surface area (Å²) in [4.78, 5) is 2.36. The first-order chi connectivity index (χ1) is 29.5. The molecule has 60 heavy (non-hydrogen) atoms. The number of aromatic nitrogens is 1. The van der Waals surface area contributed by atoms with Crippen molar-refractivity contribution in [3.63, 3.8) is 0 Å². The second-order valence-corrected chi connectivity index (χ2v) is 16.5. The highest BCUT2D eigenvalue weighted by Gasteiger charge is 2.37. The zero-order valence-corrected chi connectivity index (χ0v) is 33.4. The van der Waals surface area contributed by atoms with Crippen LogP contribution in [0.1, 0.15) is 25.0 Å². The van der Waals surface area contributed by atoms with Crippen LogP contribution in [-0.4, -0.2) is 4.57 Å². The molecule has 11 aromatic rings. The Morgan fingerprint density at radius 3 is 1.77 bits per heavy atom. The summed E-state index contributed by atoms with van der Waals surface area (Å²) in [6.45, 7) is 4.66. The molecule has 12 rings (SSSR count). The molecule has 0 fully saturated rings. The van der Waals surface area contributed by atoms with Crippen LogP contribution in [0.15, 0.2) is 211 Å². The standard InChI is InChI=1S/C57H40N2O/c1-57(2)49-20-9-6-19-47(49)55-50(57)33-34-53-56(55)48-32-25-40(36-54(48)60-53)39-15-12-16-44(35-39)58(41-26-23-38(24-27-41)37-13-4-3-5-14-37)42-28-30-43(31-29-42)59-51-21-10-7-17-45(51)46-18-8-11-22-52(46)59/h3-36H,1-2H3. The molecule has 9 aromatic carbocycles. The van der Waals surface area contributed by atoms with Gasteiger partial charge in [0, 0.05) is 49.7 Å². The van der Waals surface area contributed by atoms with Crippen LogP contribution < -0.4 is 4.90 Å². The van der Waals surface area contributed by atoms with Gasteiger partial charge in [-0.1, -0.05) is 141 Å². The molecule has 0 radical (unpaired) electrons. The molecule has 284 valence electrons. The summed E-state index contributed by atoms with van der Waals surface area (Å²) in [6, 6.07) is 74.7. The Balaban J connectivity index is 0.967. The third kappa shape index (κ3) is 5.22. The van der Waals surface area contributed by atoms with Gasteiger partial charge in [0.2, 0.25) is 0 Å². The lowest BCUT2D eigenvalue weighted by molar-refractivity contribution is 0.656. The van der Waals surface area contributed by atoms with Crippen molar-refractivity contribution in [2.24, 2.45) is 0 Å². The van der Waals surface area contributed by atoms with E-state index in [1.165, 1.54) is 60.6 Å². The minimum atomic E-state index is -0.0663. The average molecular weight is 769 g/mol. The minimum Gasteiger partial charge on any atom is -0.456 e. The van der Waals surface area contributed by atoms with Crippen molar-refractivity contribution in [1.29, 1.82) is 0 Å². The van der Waals surface area contributed by atoms with Crippen molar-refractivity contribution in [3.05, 3.63) is 217 Å². The molecule has 0 atom stereocenters. The molecule has 2 heterocycles. The maximum atomic E-state index is 6.67. The maximum absolute atomic E-state index is 6.67. The van der Waals surface area contributed by atoms with Crippen LogP contribution in [0.25, 0.3) is 82.8 Å². The molecule has 0 aliphatic heterocycles. The van der Waals surface area contributed by atoms with E-state index in [1.807, 2.05) is 0 Å². The molecule has 0 saturated carbocycles. The lowest BCUT2D eigenvalue weighted by Crippen LogP contribution is -2.14. The first kappa shape index (κ1) is 34.4. The topological polar surface area (TPSA) is 21.3 Å². The molecule has 3 heteroatoms. The van der Waals surface area contributed by atoms with E-state index in [-0.39, 0.29) is 5.41 Å². The second-order valence-electron chi connectivity index (χ2n) is 16.5. The van der Waals surface area contributed by atoms with Crippen molar-refractivity contribution < 1.29 is 4.42 Å². The summed E-state index contributed by atoms with van der Waals surface area (Å²) in [6.07, 6.45) is 0. The Morgan fingerprint density at radius 1 is 0.417 bits per heavy atom. The number of fused-ring (bicyclic) bond motifs is 10. The molecule has 2 aromatic heterocycles. The number of hydrogen-bond donors (Lipinski definition) is 0. The van der Waals surface area contributed by atoms with Crippen molar-refractivity contribution in [1.82, 2.24) is 4.57 Å². The van der Waals surface area contributed by atoms with Crippen LogP contribution in [0, 0.1) is 0 Å². The largest absolute Gasteiger partial charge is 0.456 e. The number of hydrogen-bond acceptors (Lipinski definition) is 2. The van der Waals surface area contributed by atoms with Crippen LogP contribution in [0.4, 0.5) is 17.1 Å². The average Bonchev–Trinajstić information content (AvgIpc) is 3.92. The molecule has 3 nitrogen and oxygen atoms in total. The fourth-order valence-electron chi connectivity index (χ4n) is 9.90. The molecule has 1 aliphatic rings. The Morgan fingerprint density at radius 2 is 1.02 bits per heavy atom. The smallest absolute Gasteiger partial charge is 0.136 e. The summed E-state index contributed by atoms with van der Waals surface area (Å²) >= 11 is 0. The third-order valence-electron chi connectivity index (χ3n) is 12.8. The van der Waals surface area contributed by atoms with E-state index in [2.05, 4.69) is 230 Å². The van der Waals surface area contributed by atoms with Crippen molar-refractivity contribution in [3.8, 4) is 39.1 Å². The van der Waals surface area contributed by atoms with Crippen molar-refractivity contribution in [2.75, 3.05) is 4.90 Å². The number of anilines is 3. The van der Waals surface area contributed by atoms with Gasteiger partial charge in [0.1, 0.15) is 11.2 Å². The zero-order chi connectivity index (χ0) is 40.0. The molecule has 1 aliphatic carbocycles. The first-order valence-corrected chi connectivity index (χ1v) is 20.8. The minimum absolute atomic E-state index is 0.0663. The van der Waals surface area contributed by atoms with Crippen LogP contribution in [-0.2, 0) is 5.41 Å². The number of benzene rings is 9. The molecule has 0 N–H and O–H groups in total. The van der Waals surface area contributed by atoms with Crippen LogP contribution in [0.2, 0.25) is 0 Å². The Hall–Kier alpha value is -7.62. The van der Waals surface area contributed by atoms with Gasteiger partial charge in [0.25, 0.3) is 0 Å². The summed E-state index contributed by atoms with van der Waals surface area (Å²) in [5.41, 5.74) is 18.5. The highest BCUT2D eigenvalue weighted by molar-refractivity contribution is 6.15. The van der Waals surface area contributed by atoms with Crippen LogP contribution >= 0.6 is 0 Å².